The van der Waals surface area contributed by atoms with Crippen molar-refractivity contribution in [3.8, 4) is 0 Å². The Morgan fingerprint density at radius 2 is 1.53 bits per heavy atom. The summed E-state index contributed by atoms with van der Waals surface area (Å²) >= 11 is 0. The van der Waals surface area contributed by atoms with Crippen LogP contribution in [-0.4, -0.2) is 21.8 Å². The van der Waals surface area contributed by atoms with Crippen LogP contribution in [0.5, 0.6) is 0 Å². The molecule has 3 rings (SSSR count). The first-order chi connectivity index (χ1) is 9.09. The van der Waals surface area contributed by atoms with Gasteiger partial charge in [-0.05, 0) is 12.1 Å². The zero-order valence-electron chi connectivity index (χ0n) is 9.30. The Hall–Kier alpha value is -2.70. The molecule has 0 atom stereocenters. The van der Waals surface area contributed by atoms with Crippen LogP contribution in [0.15, 0.2) is 30.6 Å². The molecule has 2 aromatic rings. The van der Waals surface area contributed by atoms with Crippen molar-refractivity contribution in [3.63, 3.8) is 0 Å². The minimum absolute atomic E-state index is 0.170. The summed E-state index contributed by atoms with van der Waals surface area (Å²) in [6, 6.07) is 2.51. The van der Waals surface area contributed by atoms with Gasteiger partial charge < -0.3 is 0 Å². The van der Waals surface area contributed by atoms with Crippen molar-refractivity contribution in [1.82, 2.24) is 9.97 Å². The first-order valence-corrected chi connectivity index (χ1v) is 5.24. The molecule has 19 heavy (non-hydrogen) atoms. The van der Waals surface area contributed by atoms with E-state index in [-0.39, 0.29) is 11.4 Å². The average molecular weight is 261 g/mol. The van der Waals surface area contributed by atoms with Crippen LogP contribution >= 0.6 is 0 Å². The van der Waals surface area contributed by atoms with Gasteiger partial charge >= 0.3 is 0 Å². The number of imide groups is 1. The van der Waals surface area contributed by atoms with E-state index in [0.717, 1.165) is 18.2 Å². The van der Waals surface area contributed by atoms with Crippen molar-refractivity contribution in [2.24, 2.45) is 0 Å². The van der Waals surface area contributed by atoms with Gasteiger partial charge in [-0.25, -0.2) is 23.6 Å². The van der Waals surface area contributed by atoms with Crippen molar-refractivity contribution >= 4 is 17.5 Å². The van der Waals surface area contributed by atoms with Gasteiger partial charge in [0.2, 0.25) is 0 Å². The second kappa shape index (κ2) is 3.91. The maximum Gasteiger partial charge on any atom is 0.286 e. The van der Waals surface area contributed by atoms with Crippen molar-refractivity contribution in [2.45, 2.75) is 0 Å². The van der Waals surface area contributed by atoms with Gasteiger partial charge in [-0.15, -0.1) is 0 Å². The van der Waals surface area contributed by atoms with Crippen LogP contribution < -0.4 is 4.90 Å². The highest BCUT2D eigenvalue weighted by atomic mass is 19.1. The van der Waals surface area contributed by atoms with Crippen LogP contribution in [0.1, 0.15) is 21.0 Å². The molecule has 94 valence electrons. The Balaban J connectivity index is 2.17. The number of nitrogens with zero attached hydrogens (tertiary/aromatic N) is 3. The molecule has 0 saturated heterocycles. The van der Waals surface area contributed by atoms with E-state index in [4.69, 9.17) is 0 Å². The number of hydrogen-bond acceptors (Lipinski definition) is 4. The summed E-state index contributed by atoms with van der Waals surface area (Å²) in [5.74, 6) is -3.28. The average Bonchev–Trinajstić information content (AvgIpc) is 2.66. The van der Waals surface area contributed by atoms with Crippen molar-refractivity contribution in [2.75, 3.05) is 4.90 Å². The van der Waals surface area contributed by atoms with Gasteiger partial charge in [-0.3, -0.25) is 9.59 Å². The summed E-state index contributed by atoms with van der Waals surface area (Å²) in [5.41, 5.74) is -0.790. The van der Waals surface area contributed by atoms with E-state index in [1.165, 1.54) is 12.4 Å². The number of benzene rings is 1. The zero-order chi connectivity index (χ0) is 13.6. The highest BCUT2D eigenvalue weighted by molar-refractivity contribution is 6.33. The Morgan fingerprint density at radius 1 is 0.947 bits per heavy atom. The molecule has 1 aromatic heterocycles. The van der Waals surface area contributed by atoms with E-state index in [1.54, 1.807) is 0 Å². The first-order valence-electron chi connectivity index (χ1n) is 5.24. The number of amides is 2. The highest BCUT2D eigenvalue weighted by Gasteiger charge is 2.40. The summed E-state index contributed by atoms with van der Waals surface area (Å²) in [5, 5.41) is 0. The lowest BCUT2D eigenvalue weighted by molar-refractivity contribution is 0.0922. The van der Waals surface area contributed by atoms with E-state index in [9.17, 15) is 18.4 Å². The zero-order valence-corrected chi connectivity index (χ0v) is 9.30. The molecule has 0 radical (unpaired) electrons. The SMILES string of the molecule is O=C1c2nccnc2C(=O)N1c1cc(F)ccc1F. The predicted octanol–water partition coefficient (Wildman–Crippen LogP) is 1.56. The smallest absolute Gasteiger partial charge is 0.266 e. The van der Waals surface area contributed by atoms with Crippen molar-refractivity contribution in [1.29, 1.82) is 0 Å². The Kier molecular flexibility index (Phi) is 2.34. The van der Waals surface area contributed by atoms with E-state index in [0.29, 0.717) is 4.90 Å². The molecule has 0 N–H and O–H groups in total. The van der Waals surface area contributed by atoms with E-state index in [1.807, 2.05) is 0 Å². The Labute approximate surface area is 105 Å². The molecule has 0 fully saturated rings. The topological polar surface area (TPSA) is 63.2 Å². The maximum absolute atomic E-state index is 13.6. The number of hydrogen-bond donors (Lipinski definition) is 0. The molecule has 2 heterocycles. The third-order valence-electron chi connectivity index (χ3n) is 2.66. The molecule has 0 saturated carbocycles. The molecule has 0 aliphatic carbocycles. The molecule has 1 aliphatic heterocycles. The lowest BCUT2D eigenvalue weighted by Gasteiger charge is -2.13. The van der Waals surface area contributed by atoms with Gasteiger partial charge in [0.15, 0.2) is 11.4 Å². The van der Waals surface area contributed by atoms with E-state index < -0.39 is 29.1 Å². The molecule has 2 amide bonds. The van der Waals surface area contributed by atoms with Crippen LogP contribution in [0, 0.1) is 11.6 Å². The van der Waals surface area contributed by atoms with Gasteiger partial charge in [0.25, 0.3) is 11.8 Å². The highest BCUT2D eigenvalue weighted by Crippen LogP contribution is 2.28. The molecule has 0 bridgehead atoms. The Bertz CT molecular complexity index is 683. The molecule has 1 aliphatic rings. The number of anilines is 1. The summed E-state index contributed by atoms with van der Waals surface area (Å²) in [7, 11) is 0. The fraction of sp³-hybridized carbons (Fsp3) is 0. The van der Waals surface area contributed by atoms with Crippen molar-refractivity contribution in [3.05, 3.63) is 53.6 Å². The van der Waals surface area contributed by atoms with Crippen LogP contribution in [0.25, 0.3) is 0 Å². The normalized spacial score (nSPS) is 13.9. The van der Waals surface area contributed by atoms with Crippen LogP contribution in [0.4, 0.5) is 14.5 Å². The minimum atomic E-state index is -0.879. The fourth-order valence-electron chi connectivity index (χ4n) is 1.83. The summed E-state index contributed by atoms with van der Waals surface area (Å²) in [6.45, 7) is 0. The lowest BCUT2D eigenvalue weighted by Crippen LogP contribution is -2.30. The third-order valence-corrected chi connectivity index (χ3v) is 2.66. The monoisotopic (exact) mass is 261 g/mol. The lowest BCUT2D eigenvalue weighted by atomic mass is 10.2. The van der Waals surface area contributed by atoms with Crippen molar-refractivity contribution < 1.29 is 18.4 Å². The Morgan fingerprint density at radius 3 is 2.11 bits per heavy atom. The number of carbonyl (C=O) groups excluding carboxylic acids is 2. The van der Waals surface area contributed by atoms with Crippen LogP contribution in [0.2, 0.25) is 0 Å². The molecule has 1 aromatic carbocycles. The fourth-order valence-corrected chi connectivity index (χ4v) is 1.83. The van der Waals surface area contributed by atoms with Gasteiger partial charge in [0.05, 0.1) is 5.69 Å². The summed E-state index contributed by atoms with van der Waals surface area (Å²) < 4.78 is 26.8. The number of carbonyl (C=O) groups is 2. The molecule has 0 spiro atoms. The summed E-state index contributed by atoms with van der Waals surface area (Å²) in [6.07, 6.45) is 2.49. The van der Waals surface area contributed by atoms with Gasteiger partial charge in [0.1, 0.15) is 11.6 Å². The van der Waals surface area contributed by atoms with Gasteiger partial charge in [-0.1, -0.05) is 0 Å². The molecule has 0 unspecified atom stereocenters. The second-order valence-electron chi connectivity index (χ2n) is 3.80. The van der Waals surface area contributed by atoms with Crippen LogP contribution in [0.3, 0.4) is 0 Å². The predicted molar refractivity (Wildman–Crippen MR) is 59.5 cm³/mol. The maximum atomic E-state index is 13.6. The van der Waals surface area contributed by atoms with Crippen LogP contribution in [-0.2, 0) is 0 Å². The minimum Gasteiger partial charge on any atom is -0.266 e. The van der Waals surface area contributed by atoms with E-state index in [2.05, 4.69) is 9.97 Å². The third kappa shape index (κ3) is 1.59. The standard InChI is InChI=1S/C12H5F2N3O2/c13-6-1-2-7(14)8(5-6)17-11(18)9-10(12(17)19)16-4-3-15-9/h1-5H. The molecule has 5 nitrogen and oxygen atoms in total. The van der Waals surface area contributed by atoms with Gasteiger partial charge in [-0.2, -0.15) is 0 Å². The first kappa shape index (κ1) is 11.4. The molecular formula is C12H5F2N3O2. The number of aromatic nitrogens is 2. The van der Waals surface area contributed by atoms with E-state index >= 15 is 0 Å². The van der Waals surface area contributed by atoms with Gasteiger partial charge in [0, 0.05) is 18.5 Å². The molecule has 7 heteroatoms. The number of fused-ring (bicyclic) bond motifs is 1. The summed E-state index contributed by atoms with van der Waals surface area (Å²) in [4.78, 5) is 32.0. The molecular weight excluding hydrogens is 256 g/mol. The number of halogens is 2. The second-order valence-corrected chi connectivity index (χ2v) is 3.80. The quantitative estimate of drug-likeness (QED) is 0.731. The number of rotatable bonds is 1. The largest absolute Gasteiger partial charge is 0.286 e.